The lowest BCUT2D eigenvalue weighted by molar-refractivity contribution is -0.122. The standard InChI is InChI=1S/C13H18ClNO2/c1-8(2)11(7-16)13(17)15-10-5-4-9(3)12(14)6-10/h4-6,8,11,16H,7H2,1-3H3,(H,15,17). The van der Waals surface area contributed by atoms with Gasteiger partial charge >= 0.3 is 0 Å². The molecule has 17 heavy (non-hydrogen) atoms. The minimum absolute atomic E-state index is 0.0981. The van der Waals surface area contributed by atoms with Crippen LogP contribution in [0.15, 0.2) is 18.2 Å². The summed E-state index contributed by atoms with van der Waals surface area (Å²) in [5.41, 5.74) is 1.62. The summed E-state index contributed by atoms with van der Waals surface area (Å²) >= 11 is 5.97. The number of aliphatic hydroxyl groups is 1. The summed E-state index contributed by atoms with van der Waals surface area (Å²) in [7, 11) is 0. The third-order valence-electron chi connectivity index (χ3n) is 2.78. The van der Waals surface area contributed by atoms with Crippen LogP contribution in [0.3, 0.4) is 0 Å². The molecule has 1 aromatic carbocycles. The van der Waals surface area contributed by atoms with Crippen molar-refractivity contribution in [1.82, 2.24) is 0 Å². The topological polar surface area (TPSA) is 49.3 Å². The summed E-state index contributed by atoms with van der Waals surface area (Å²) in [5.74, 6) is -0.474. The number of amides is 1. The summed E-state index contributed by atoms with van der Waals surface area (Å²) in [5, 5.41) is 12.5. The maximum Gasteiger partial charge on any atom is 0.230 e. The van der Waals surface area contributed by atoms with E-state index in [9.17, 15) is 4.79 Å². The molecule has 94 valence electrons. The molecular weight excluding hydrogens is 238 g/mol. The van der Waals surface area contributed by atoms with Gasteiger partial charge in [-0.1, -0.05) is 31.5 Å². The van der Waals surface area contributed by atoms with E-state index in [2.05, 4.69) is 5.32 Å². The Morgan fingerprint density at radius 1 is 1.47 bits per heavy atom. The summed E-state index contributed by atoms with van der Waals surface area (Å²) in [6, 6.07) is 5.36. The third-order valence-corrected chi connectivity index (χ3v) is 3.18. The molecule has 1 amide bonds. The van der Waals surface area contributed by atoms with Crippen molar-refractivity contribution >= 4 is 23.2 Å². The highest BCUT2D eigenvalue weighted by molar-refractivity contribution is 6.31. The Bertz CT molecular complexity index is 404. The molecule has 1 aromatic rings. The highest BCUT2D eigenvalue weighted by Gasteiger charge is 2.21. The quantitative estimate of drug-likeness (QED) is 0.869. The fourth-order valence-electron chi connectivity index (χ4n) is 1.50. The molecule has 0 saturated heterocycles. The van der Waals surface area contributed by atoms with Crippen molar-refractivity contribution in [3.8, 4) is 0 Å². The molecule has 0 radical (unpaired) electrons. The molecule has 3 nitrogen and oxygen atoms in total. The molecule has 0 aliphatic heterocycles. The number of nitrogens with one attached hydrogen (secondary N) is 1. The molecule has 1 atom stereocenters. The number of benzene rings is 1. The second-order valence-electron chi connectivity index (χ2n) is 4.49. The fourth-order valence-corrected chi connectivity index (χ4v) is 1.68. The van der Waals surface area contributed by atoms with Crippen LogP contribution >= 0.6 is 11.6 Å². The lowest BCUT2D eigenvalue weighted by atomic mass is 9.96. The predicted molar refractivity (Wildman–Crippen MR) is 70.2 cm³/mol. The van der Waals surface area contributed by atoms with Gasteiger partial charge in [-0.3, -0.25) is 4.79 Å². The Morgan fingerprint density at radius 2 is 2.12 bits per heavy atom. The number of hydrogen-bond donors (Lipinski definition) is 2. The Labute approximate surface area is 107 Å². The predicted octanol–water partition coefficient (Wildman–Crippen LogP) is 2.85. The van der Waals surface area contributed by atoms with Gasteiger partial charge in [-0.2, -0.15) is 0 Å². The molecule has 0 spiro atoms. The van der Waals surface area contributed by atoms with Gasteiger partial charge in [0.2, 0.25) is 5.91 Å². The van der Waals surface area contributed by atoms with E-state index in [0.29, 0.717) is 10.7 Å². The molecule has 0 saturated carbocycles. The highest BCUT2D eigenvalue weighted by atomic mass is 35.5. The van der Waals surface area contributed by atoms with Crippen molar-refractivity contribution in [1.29, 1.82) is 0 Å². The van der Waals surface area contributed by atoms with Crippen LogP contribution in [0.4, 0.5) is 5.69 Å². The first-order valence-corrected chi connectivity index (χ1v) is 6.01. The number of anilines is 1. The molecule has 0 aromatic heterocycles. The van der Waals surface area contributed by atoms with E-state index < -0.39 is 5.92 Å². The lowest BCUT2D eigenvalue weighted by Crippen LogP contribution is -2.29. The Balaban J connectivity index is 2.77. The number of carbonyl (C=O) groups excluding carboxylic acids is 1. The van der Waals surface area contributed by atoms with Crippen LogP contribution < -0.4 is 5.32 Å². The highest BCUT2D eigenvalue weighted by Crippen LogP contribution is 2.21. The van der Waals surface area contributed by atoms with E-state index in [1.54, 1.807) is 12.1 Å². The van der Waals surface area contributed by atoms with Crippen molar-refractivity contribution in [3.63, 3.8) is 0 Å². The summed E-state index contributed by atoms with van der Waals surface area (Å²) < 4.78 is 0. The van der Waals surface area contributed by atoms with Crippen molar-refractivity contribution in [2.24, 2.45) is 11.8 Å². The van der Waals surface area contributed by atoms with Crippen molar-refractivity contribution < 1.29 is 9.90 Å². The van der Waals surface area contributed by atoms with Gasteiger partial charge in [-0.05, 0) is 30.5 Å². The number of carbonyl (C=O) groups is 1. The monoisotopic (exact) mass is 255 g/mol. The van der Waals surface area contributed by atoms with Crippen LogP contribution in [0.5, 0.6) is 0 Å². The largest absolute Gasteiger partial charge is 0.396 e. The smallest absolute Gasteiger partial charge is 0.230 e. The molecule has 0 aliphatic carbocycles. The van der Waals surface area contributed by atoms with Gasteiger partial charge in [0.1, 0.15) is 0 Å². The maximum absolute atomic E-state index is 11.9. The molecule has 0 bridgehead atoms. The van der Waals surface area contributed by atoms with Crippen LogP contribution in [0.2, 0.25) is 5.02 Å². The van der Waals surface area contributed by atoms with Crippen LogP contribution in [0.1, 0.15) is 19.4 Å². The van der Waals surface area contributed by atoms with Crippen LogP contribution in [0, 0.1) is 18.8 Å². The minimum Gasteiger partial charge on any atom is -0.396 e. The van der Waals surface area contributed by atoms with Crippen LogP contribution in [0.25, 0.3) is 0 Å². The van der Waals surface area contributed by atoms with Gasteiger partial charge in [0, 0.05) is 10.7 Å². The molecule has 0 fully saturated rings. The first-order valence-electron chi connectivity index (χ1n) is 5.63. The van der Waals surface area contributed by atoms with Gasteiger partial charge in [0.15, 0.2) is 0 Å². The second-order valence-corrected chi connectivity index (χ2v) is 4.89. The molecule has 4 heteroatoms. The minimum atomic E-state index is -0.393. The van der Waals surface area contributed by atoms with E-state index >= 15 is 0 Å². The molecule has 2 N–H and O–H groups in total. The van der Waals surface area contributed by atoms with Crippen LogP contribution in [-0.2, 0) is 4.79 Å². The zero-order valence-corrected chi connectivity index (χ0v) is 11.1. The molecule has 1 rings (SSSR count). The fraction of sp³-hybridized carbons (Fsp3) is 0.462. The van der Waals surface area contributed by atoms with E-state index in [1.807, 2.05) is 26.8 Å². The van der Waals surface area contributed by atoms with E-state index in [0.717, 1.165) is 5.56 Å². The second kappa shape index (κ2) is 6.03. The molecule has 0 aliphatic rings. The lowest BCUT2D eigenvalue weighted by Gasteiger charge is -2.17. The first-order chi connectivity index (χ1) is 7.95. The van der Waals surface area contributed by atoms with Crippen molar-refractivity contribution in [3.05, 3.63) is 28.8 Å². The van der Waals surface area contributed by atoms with E-state index in [-0.39, 0.29) is 18.4 Å². The normalized spacial score (nSPS) is 12.6. The maximum atomic E-state index is 11.9. The summed E-state index contributed by atoms with van der Waals surface area (Å²) in [4.78, 5) is 11.9. The Morgan fingerprint density at radius 3 is 2.59 bits per heavy atom. The number of aliphatic hydroxyl groups excluding tert-OH is 1. The first kappa shape index (κ1) is 14.0. The number of halogens is 1. The van der Waals surface area contributed by atoms with Gasteiger partial charge in [0.25, 0.3) is 0 Å². The summed E-state index contributed by atoms with van der Waals surface area (Å²) in [6.07, 6.45) is 0. The average Bonchev–Trinajstić information content (AvgIpc) is 2.24. The summed E-state index contributed by atoms with van der Waals surface area (Å²) in [6.45, 7) is 5.56. The Kier molecular flexibility index (Phi) is 4.97. The zero-order valence-electron chi connectivity index (χ0n) is 10.3. The molecular formula is C13H18ClNO2. The average molecular weight is 256 g/mol. The Hall–Kier alpha value is -1.06. The van der Waals surface area contributed by atoms with Gasteiger partial charge in [-0.25, -0.2) is 0 Å². The van der Waals surface area contributed by atoms with Crippen LogP contribution in [-0.4, -0.2) is 17.6 Å². The van der Waals surface area contributed by atoms with Gasteiger partial charge in [0.05, 0.1) is 12.5 Å². The van der Waals surface area contributed by atoms with E-state index in [4.69, 9.17) is 16.7 Å². The van der Waals surface area contributed by atoms with Gasteiger partial charge in [-0.15, -0.1) is 0 Å². The van der Waals surface area contributed by atoms with Crippen molar-refractivity contribution in [2.45, 2.75) is 20.8 Å². The molecule has 0 heterocycles. The number of rotatable bonds is 4. The molecule has 1 unspecified atom stereocenters. The SMILES string of the molecule is Cc1ccc(NC(=O)C(CO)C(C)C)cc1Cl. The third kappa shape index (κ3) is 3.72. The van der Waals surface area contributed by atoms with Gasteiger partial charge < -0.3 is 10.4 Å². The number of aryl methyl sites for hydroxylation is 1. The van der Waals surface area contributed by atoms with E-state index in [1.165, 1.54) is 0 Å². The van der Waals surface area contributed by atoms with Crippen molar-refractivity contribution in [2.75, 3.05) is 11.9 Å². The number of hydrogen-bond acceptors (Lipinski definition) is 2. The zero-order chi connectivity index (χ0) is 13.0.